The number of thioether (sulfide) groups is 1. The molecule has 0 atom stereocenters. The maximum Gasteiger partial charge on any atom is 0.225 e. The zero-order valence-electron chi connectivity index (χ0n) is 12.8. The van der Waals surface area contributed by atoms with Crippen LogP contribution in [0.3, 0.4) is 0 Å². The number of hydrogen-bond acceptors (Lipinski definition) is 3. The molecular weight excluding hydrogens is 294 g/mol. The van der Waals surface area contributed by atoms with Gasteiger partial charge in [-0.2, -0.15) is 5.10 Å². The Morgan fingerprint density at radius 3 is 2.95 bits per heavy atom. The molecule has 4 nitrogen and oxygen atoms in total. The second kappa shape index (κ2) is 7.01. The summed E-state index contributed by atoms with van der Waals surface area (Å²) in [5.74, 6) is 1.94. The molecule has 1 amide bonds. The van der Waals surface area contributed by atoms with Gasteiger partial charge >= 0.3 is 0 Å². The number of carbonyl (C=O) groups is 1. The first-order chi connectivity index (χ1) is 10.7. The Morgan fingerprint density at radius 2 is 2.14 bits per heavy atom. The van der Waals surface area contributed by atoms with Crippen molar-refractivity contribution >= 4 is 23.5 Å². The van der Waals surface area contributed by atoms with Gasteiger partial charge in [-0.25, -0.2) is 0 Å². The lowest BCUT2D eigenvalue weighted by Crippen LogP contribution is -2.15. The van der Waals surface area contributed by atoms with Gasteiger partial charge in [0.1, 0.15) is 5.82 Å². The molecule has 0 radical (unpaired) electrons. The van der Waals surface area contributed by atoms with Crippen molar-refractivity contribution in [3.8, 4) is 0 Å². The molecule has 1 aliphatic rings. The molecule has 1 aromatic carbocycles. The van der Waals surface area contributed by atoms with Gasteiger partial charge in [0, 0.05) is 23.9 Å². The summed E-state index contributed by atoms with van der Waals surface area (Å²) in [7, 11) is 1.90. The molecule has 2 aromatic rings. The smallest absolute Gasteiger partial charge is 0.225 e. The van der Waals surface area contributed by atoms with Gasteiger partial charge in [-0.15, -0.1) is 11.8 Å². The minimum absolute atomic E-state index is 0.0892. The Kier molecular flexibility index (Phi) is 4.83. The van der Waals surface area contributed by atoms with Crippen LogP contribution >= 0.6 is 11.8 Å². The monoisotopic (exact) mass is 315 g/mol. The Bertz CT molecular complexity index is 651. The molecule has 1 aliphatic carbocycles. The molecule has 1 N–H and O–H groups in total. The fraction of sp³-hybridized carbons (Fsp3) is 0.412. The third-order valence-corrected chi connectivity index (χ3v) is 4.99. The van der Waals surface area contributed by atoms with Crippen LogP contribution in [0.4, 0.5) is 5.82 Å². The third kappa shape index (κ3) is 3.53. The van der Waals surface area contributed by atoms with E-state index in [0.29, 0.717) is 6.42 Å². The van der Waals surface area contributed by atoms with E-state index in [4.69, 9.17) is 0 Å². The lowest BCUT2D eigenvalue weighted by atomic mass is 10.2. The highest BCUT2D eigenvalue weighted by molar-refractivity contribution is 7.99. The first kappa shape index (κ1) is 15.2. The van der Waals surface area contributed by atoms with Crippen molar-refractivity contribution in [3.63, 3.8) is 0 Å². The molecule has 22 heavy (non-hydrogen) atoms. The van der Waals surface area contributed by atoms with Crippen molar-refractivity contribution in [1.29, 1.82) is 0 Å². The van der Waals surface area contributed by atoms with Crippen molar-refractivity contribution in [2.24, 2.45) is 7.05 Å². The first-order valence-corrected chi connectivity index (χ1v) is 8.75. The predicted molar refractivity (Wildman–Crippen MR) is 90.3 cm³/mol. The number of aryl methyl sites for hydroxylation is 2. The number of carbonyl (C=O) groups excluding carboxylic acids is 1. The molecular formula is C17H21N3OS. The minimum Gasteiger partial charge on any atom is -0.311 e. The van der Waals surface area contributed by atoms with E-state index in [2.05, 4.69) is 22.5 Å². The Morgan fingerprint density at radius 1 is 1.32 bits per heavy atom. The van der Waals surface area contributed by atoms with Crippen molar-refractivity contribution in [1.82, 2.24) is 9.78 Å². The summed E-state index contributed by atoms with van der Waals surface area (Å²) >= 11 is 1.80. The number of nitrogens with zero attached hydrogens (tertiary/aromatic N) is 2. The van der Waals surface area contributed by atoms with Gasteiger partial charge in [-0.3, -0.25) is 9.48 Å². The van der Waals surface area contributed by atoms with Crippen LogP contribution in [0.25, 0.3) is 0 Å². The van der Waals surface area contributed by atoms with E-state index in [9.17, 15) is 4.79 Å². The van der Waals surface area contributed by atoms with E-state index < -0.39 is 0 Å². The maximum atomic E-state index is 12.1. The van der Waals surface area contributed by atoms with Gasteiger partial charge in [-0.05, 0) is 43.6 Å². The fourth-order valence-electron chi connectivity index (χ4n) is 2.81. The number of benzene rings is 1. The Hall–Kier alpha value is -1.75. The summed E-state index contributed by atoms with van der Waals surface area (Å²) < 4.78 is 1.81. The minimum atomic E-state index is 0.0892. The van der Waals surface area contributed by atoms with Gasteiger partial charge in [0.2, 0.25) is 5.91 Å². The van der Waals surface area contributed by atoms with Crippen LogP contribution < -0.4 is 5.32 Å². The van der Waals surface area contributed by atoms with Gasteiger partial charge in [0.25, 0.3) is 0 Å². The number of amides is 1. The summed E-state index contributed by atoms with van der Waals surface area (Å²) in [6.07, 6.45) is 4.65. The summed E-state index contributed by atoms with van der Waals surface area (Å²) in [6, 6.07) is 10.3. The molecule has 0 saturated heterocycles. The zero-order valence-corrected chi connectivity index (χ0v) is 13.7. The molecule has 0 saturated carbocycles. The standard InChI is InChI=1S/C17H21N3OS/c1-20-17(14-9-5-10-15(14)19-20)18-16(21)11-6-12-22-13-7-3-2-4-8-13/h2-4,7-8H,5-6,9-12H2,1H3,(H,18,21). The molecule has 0 aliphatic heterocycles. The molecule has 5 heteroatoms. The Labute approximate surface area is 135 Å². The third-order valence-electron chi connectivity index (χ3n) is 3.89. The predicted octanol–water partition coefficient (Wildman–Crippen LogP) is 3.42. The van der Waals surface area contributed by atoms with Crippen LogP contribution in [0, 0.1) is 0 Å². The topological polar surface area (TPSA) is 46.9 Å². The highest BCUT2D eigenvalue weighted by atomic mass is 32.2. The van der Waals surface area contributed by atoms with Crippen molar-refractivity contribution < 1.29 is 4.79 Å². The summed E-state index contributed by atoms with van der Waals surface area (Å²) in [5, 5.41) is 7.52. The Balaban J connectivity index is 1.45. The largest absolute Gasteiger partial charge is 0.311 e. The number of aromatic nitrogens is 2. The lowest BCUT2D eigenvalue weighted by Gasteiger charge is -2.07. The highest BCUT2D eigenvalue weighted by Gasteiger charge is 2.21. The molecule has 1 heterocycles. The number of rotatable bonds is 6. The first-order valence-electron chi connectivity index (χ1n) is 7.76. The number of nitrogens with one attached hydrogen (secondary N) is 1. The molecule has 116 valence electrons. The van der Waals surface area contributed by atoms with Gasteiger partial charge < -0.3 is 5.32 Å². The fourth-order valence-corrected chi connectivity index (χ4v) is 3.68. The maximum absolute atomic E-state index is 12.1. The summed E-state index contributed by atoms with van der Waals surface area (Å²) in [4.78, 5) is 13.4. The second-order valence-corrected chi connectivity index (χ2v) is 6.73. The van der Waals surface area contributed by atoms with E-state index >= 15 is 0 Å². The molecule has 0 fully saturated rings. The quantitative estimate of drug-likeness (QED) is 0.656. The van der Waals surface area contributed by atoms with E-state index in [1.807, 2.05) is 25.2 Å². The number of hydrogen-bond donors (Lipinski definition) is 1. The molecule has 3 rings (SSSR count). The molecule has 1 aromatic heterocycles. The highest BCUT2D eigenvalue weighted by Crippen LogP contribution is 2.28. The van der Waals surface area contributed by atoms with Crippen molar-refractivity contribution in [2.75, 3.05) is 11.1 Å². The van der Waals surface area contributed by atoms with Crippen molar-refractivity contribution in [3.05, 3.63) is 41.6 Å². The molecule has 0 spiro atoms. The molecule has 0 bridgehead atoms. The van der Waals surface area contributed by atoms with Crippen LogP contribution in [-0.4, -0.2) is 21.4 Å². The SMILES string of the molecule is Cn1nc2c(c1NC(=O)CCCSc1ccccc1)CCC2. The molecule has 0 unspecified atom stereocenters. The summed E-state index contributed by atoms with van der Waals surface area (Å²) in [6.45, 7) is 0. The van der Waals surface area contributed by atoms with Gasteiger partial charge in [-0.1, -0.05) is 18.2 Å². The lowest BCUT2D eigenvalue weighted by molar-refractivity contribution is -0.116. The van der Waals surface area contributed by atoms with E-state index in [1.54, 1.807) is 16.4 Å². The van der Waals surface area contributed by atoms with Crippen LogP contribution in [-0.2, 0) is 24.7 Å². The average Bonchev–Trinajstić information content (AvgIpc) is 3.08. The van der Waals surface area contributed by atoms with Crippen molar-refractivity contribution in [2.45, 2.75) is 37.0 Å². The van der Waals surface area contributed by atoms with E-state index in [-0.39, 0.29) is 5.91 Å². The van der Waals surface area contributed by atoms with Crippen LogP contribution in [0.1, 0.15) is 30.5 Å². The summed E-state index contributed by atoms with van der Waals surface area (Å²) in [5.41, 5.74) is 2.38. The van der Waals surface area contributed by atoms with E-state index in [1.165, 1.54) is 10.5 Å². The van der Waals surface area contributed by atoms with Crippen LogP contribution in [0.2, 0.25) is 0 Å². The number of anilines is 1. The average molecular weight is 315 g/mol. The number of fused-ring (bicyclic) bond motifs is 1. The van der Waals surface area contributed by atoms with E-state index in [0.717, 1.165) is 42.9 Å². The van der Waals surface area contributed by atoms with Gasteiger partial charge in [0.15, 0.2) is 0 Å². The normalized spacial score (nSPS) is 13.1. The van der Waals surface area contributed by atoms with Crippen LogP contribution in [0.5, 0.6) is 0 Å². The second-order valence-electron chi connectivity index (χ2n) is 5.56. The van der Waals surface area contributed by atoms with Crippen LogP contribution in [0.15, 0.2) is 35.2 Å². The zero-order chi connectivity index (χ0) is 15.4. The van der Waals surface area contributed by atoms with Gasteiger partial charge in [0.05, 0.1) is 5.69 Å².